The van der Waals surface area contributed by atoms with Crippen LogP contribution in [0.5, 0.6) is 5.75 Å². The first kappa shape index (κ1) is 17.7. The third kappa shape index (κ3) is 4.93. The van der Waals surface area contributed by atoms with Gasteiger partial charge in [0.15, 0.2) is 6.10 Å². The summed E-state index contributed by atoms with van der Waals surface area (Å²) in [4.78, 5) is 12.2. The summed E-state index contributed by atoms with van der Waals surface area (Å²) < 4.78 is 10.9. The van der Waals surface area contributed by atoms with Crippen LogP contribution in [0.25, 0.3) is 0 Å². The Morgan fingerprint density at radius 2 is 1.88 bits per heavy atom. The van der Waals surface area contributed by atoms with Crippen molar-refractivity contribution in [3.05, 3.63) is 65.7 Å². The first-order chi connectivity index (χ1) is 11.8. The molecule has 0 fully saturated rings. The molecular formula is C19H22N2O3. The molecule has 1 unspecified atom stereocenters. The van der Waals surface area contributed by atoms with Crippen LogP contribution in [0.2, 0.25) is 0 Å². The van der Waals surface area contributed by atoms with Gasteiger partial charge in [0.2, 0.25) is 0 Å². The fourth-order valence-corrected chi connectivity index (χ4v) is 2.18. The number of hydrogen-bond donors (Lipinski definition) is 1. The molecule has 0 saturated carbocycles. The van der Waals surface area contributed by atoms with Gasteiger partial charge in [0.1, 0.15) is 5.75 Å². The number of rotatable bonds is 8. The number of hydrazone groups is 1. The Kier molecular flexibility index (Phi) is 6.98. The van der Waals surface area contributed by atoms with E-state index in [4.69, 9.17) is 9.47 Å². The summed E-state index contributed by atoms with van der Waals surface area (Å²) >= 11 is 0. The maximum Gasteiger partial charge on any atom is 0.273 e. The van der Waals surface area contributed by atoms with E-state index < -0.39 is 6.10 Å². The standard InChI is InChI=1S/C19H22N2O3/c1-3-13-24-17-12-8-7-11-16(17)14-20-21-19(22)18(23-2)15-9-5-4-6-10-15/h4-12,14,18H,3,13H2,1-2H3,(H,21,22). The molecule has 5 nitrogen and oxygen atoms in total. The van der Waals surface area contributed by atoms with Gasteiger partial charge in [0, 0.05) is 12.7 Å². The van der Waals surface area contributed by atoms with E-state index in [-0.39, 0.29) is 5.91 Å². The van der Waals surface area contributed by atoms with Crippen LogP contribution >= 0.6 is 0 Å². The minimum absolute atomic E-state index is 0.327. The lowest BCUT2D eigenvalue weighted by Gasteiger charge is -2.13. The highest BCUT2D eigenvalue weighted by Crippen LogP contribution is 2.17. The molecule has 0 aliphatic heterocycles. The van der Waals surface area contributed by atoms with E-state index in [9.17, 15) is 4.79 Å². The van der Waals surface area contributed by atoms with Crippen LogP contribution in [0.15, 0.2) is 59.7 Å². The Bertz CT molecular complexity index is 671. The van der Waals surface area contributed by atoms with Crippen LogP contribution in [0, 0.1) is 0 Å². The maximum absolute atomic E-state index is 12.2. The largest absolute Gasteiger partial charge is 0.493 e. The van der Waals surface area contributed by atoms with Gasteiger partial charge >= 0.3 is 0 Å². The number of methoxy groups -OCH3 is 1. The predicted octanol–water partition coefficient (Wildman–Crippen LogP) is 3.31. The van der Waals surface area contributed by atoms with Crippen LogP contribution in [-0.4, -0.2) is 25.8 Å². The van der Waals surface area contributed by atoms with Gasteiger partial charge in [-0.1, -0.05) is 49.4 Å². The van der Waals surface area contributed by atoms with Crippen molar-refractivity contribution in [1.29, 1.82) is 0 Å². The fourth-order valence-electron chi connectivity index (χ4n) is 2.18. The second kappa shape index (κ2) is 9.47. The number of ether oxygens (including phenoxy) is 2. The van der Waals surface area contributed by atoms with E-state index in [0.29, 0.717) is 6.61 Å². The second-order valence-corrected chi connectivity index (χ2v) is 5.15. The number of carbonyl (C=O) groups is 1. The molecule has 0 bridgehead atoms. The second-order valence-electron chi connectivity index (χ2n) is 5.15. The lowest BCUT2D eigenvalue weighted by molar-refractivity contribution is -0.131. The van der Waals surface area contributed by atoms with Crippen molar-refractivity contribution >= 4 is 12.1 Å². The Labute approximate surface area is 142 Å². The first-order valence-electron chi connectivity index (χ1n) is 7.88. The zero-order valence-electron chi connectivity index (χ0n) is 13.9. The van der Waals surface area contributed by atoms with Gasteiger partial charge in [-0.25, -0.2) is 5.43 Å². The summed E-state index contributed by atoms with van der Waals surface area (Å²) in [5.74, 6) is 0.413. The molecular weight excluding hydrogens is 304 g/mol. The van der Waals surface area contributed by atoms with E-state index in [1.54, 1.807) is 6.21 Å². The Hall–Kier alpha value is -2.66. The van der Waals surface area contributed by atoms with Crippen LogP contribution in [-0.2, 0) is 9.53 Å². The molecule has 0 saturated heterocycles. The van der Waals surface area contributed by atoms with Crippen LogP contribution in [0.3, 0.4) is 0 Å². The van der Waals surface area contributed by atoms with Gasteiger partial charge in [-0.3, -0.25) is 4.79 Å². The number of carbonyl (C=O) groups excluding carboxylic acids is 1. The van der Waals surface area contributed by atoms with Crippen LogP contribution in [0.4, 0.5) is 0 Å². The summed E-state index contributed by atoms with van der Waals surface area (Å²) in [5, 5.41) is 4.02. The van der Waals surface area contributed by atoms with Crippen molar-refractivity contribution in [1.82, 2.24) is 5.43 Å². The van der Waals surface area contributed by atoms with E-state index in [1.807, 2.05) is 61.5 Å². The molecule has 0 aliphatic rings. The normalized spacial score (nSPS) is 12.1. The number of amides is 1. The third-order valence-corrected chi connectivity index (χ3v) is 3.34. The summed E-state index contributed by atoms with van der Waals surface area (Å²) in [6, 6.07) is 16.8. The van der Waals surface area contributed by atoms with Gasteiger partial charge in [-0.05, 0) is 24.1 Å². The molecule has 2 rings (SSSR count). The molecule has 2 aromatic rings. The van der Waals surface area contributed by atoms with Crippen LogP contribution < -0.4 is 10.2 Å². The van der Waals surface area contributed by atoms with Gasteiger partial charge in [0.25, 0.3) is 5.91 Å². The highest BCUT2D eigenvalue weighted by Gasteiger charge is 2.19. The summed E-state index contributed by atoms with van der Waals surface area (Å²) in [6.07, 6.45) is 1.80. The summed E-state index contributed by atoms with van der Waals surface area (Å²) in [5.41, 5.74) is 4.10. The van der Waals surface area contributed by atoms with Crippen molar-refractivity contribution < 1.29 is 14.3 Å². The van der Waals surface area contributed by atoms with Gasteiger partial charge in [-0.15, -0.1) is 0 Å². The van der Waals surface area contributed by atoms with E-state index in [1.165, 1.54) is 7.11 Å². The molecule has 5 heteroatoms. The fraction of sp³-hybridized carbons (Fsp3) is 0.263. The number of benzene rings is 2. The predicted molar refractivity (Wildman–Crippen MR) is 94.2 cm³/mol. The topological polar surface area (TPSA) is 59.9 Å². The van der Waals surface area contributed by atoms with Gasteiger partial charge in [-0.2, -0.15) is 5.10 Å². The van der Waals surface area contributed by atoms with Crippen molar-refractivity contribution in [2.24, 2.45) is 5.10 Å². The van der Waals surface area contributed by atoms with Crippen molar-refractivity contribution in [2.75, 3.05) is 13.7 Å². The lowest BCUT2D eigenvalue weighted by Crippen LogP contribution is -2.26. The molecule has 0 aromatic heterocycles. The molecule has 0 aliphatic carbocycles. The van der Waals surface area contributed by atoms with Crippen molar-refractivity contribution in [2.45, 2.75) is 19.4 Å². The quantitative estimate of drug-likeness (QED) is 0.598. The number of para-hydroxylation sites is 1. The minimum Gasteiger partial charge on any atom is -0.493 e. The average molecular weight is 326 g/mol. The molecule has 2 aromatic carbocycles. The lowest BCUT2D eigenvalue weighted by atomic mass is 10.1. The number of hydrogen-bond acceptors (Lipinski definition) is 4. The monoisotopic (exact) mass is 326 g/mol. The zero-order chi connectivity index (χ0) is 17.2. The molecule has 0 radical (unpaired) electrons. The highest BCUT2D eigenvalue weighted by atomic mass is 16.5. The summed E-state index contributed by atoms with van der Waals surface area (Å²) in [6.45, 7) is 2.68. The van der Waals surface area contributed by atoms with E-state index >= 15 is 0 Å². The summed E-state index contributed by atoms with van der Waals surface area (Å²) in [7, 11) is 1.49. The Morgan fingerprint density at radius 1 is 1.17 bits per heavy atom. The molecule has 1 atom stereocenters. The van der Waals surface area contributed by atoms with Gasteiger partial charge in [0.05, 0.1) is 12.8 Å². The Morgan fingerprint density at radius 3 is 2.58 bits per heavy atom. The van der Waals surface area contributed by atoms with E-state index in [0.717, 1.165) is 23.3 Å². The Balaban J connectivity index is 2.02. The number of nitrogens with one attached hydrogen (secondary N) is 1. The molecule has 1 amide bonds. The molecule has 0 spiro atoms. The molecule has 24 heavy (non-hydrogen) atoms. The minimum atomic E-state index is -0.699. The first-order valence-corrected chi connectivity index (χ1v) is 7.88. The van der Waals surface area contributed by atoms with Crippen molar-refractivity contribution in [3.63, 3.8) is 0 Å². The molecule has 0 heterocycles. The average Bonchev–Trinajstić information content (AvgIpc) is 2.62. The van der Waals surface area contributed by atoms with Crippen LogP contribution in [0.1, 0.15) is 30.6 Å². The maximum atomic E-state index is 12.2. The van der Waals surface area contributed by atoms with E-state index in [2.05, 4.69) is 10.5 Å². The molecule has 126 valence electrons. The third-order valence-electron chi connectivity index (χ3n) is 3.34. The van der Waals surface area contributed by atoms with Crippen molar-refractivity contribution in [3.8, 4) is 5.75 Å². The van der Waals surface area contributed by atoms with Gasteiger partial charge < -0.3 is 9.47 Å². The smallest absolute Gasteiger partial charge is 0.273 e. The highest BCUT2D eigenvalue weighted by molar-refractivity contribution is 5.86. The zero-order valence-corrected chi connectivity index (χ0v) is 13.9. The molecule has 1 N–H and O–H groups in total. The number of nitrogens with zero attached hydrogens (tertiary/aromatic N) is 1. The SMILES string of the molecule is CCCOc1ccccc1C=NNC(=O)C(OC)c1ccccc1.